The number of para-hydroxylation sites is 3. The molecule has 3 aliphatic rings. The normalized spacial score (nSPS) is 19.5. The fourth-order valence-electron chi connectivity index (χ4n) is 8.55. The Bertz CT molecular complexity index is 3080. The fourth-order valence-corrected chi connectivity index (χ4v) is 13.2. The van der Waals surface area contributed by atoms with Crippen molar-refractivity contribution in [3.05, 3.63) is 162 Å². The number of carboxylic acids is 1. The first-order valence-electron chi connectivity index (χ1n) is 23.2. The van der Waals surface area contributed by atoms with Crippen LogP contribution in [0.25, 0.3) is 0 Å². The van der Waals surface area contributed by atoms with Gasteiger partial charge in [-0.05, 0) is 116 Å². The number of carbonyl (C=O) groups excluding carboxylic acids is 4. The molecule has 3 aliphatic heterocycles. The molecule has 0 saturated carbocycles. The fraction of sp³-hybridized carbons (Fsp3) is 0.241. The highest BCUT2D eigenvalue weighted by Gasteiger charge is 2.41. The summed E-state index contributed by atoms with van der Waals surface area (Å²) in [4.78, 5) is 67.2. The smallest absolute Gasteiger partial charge is 0.323 e. The Morgan fingerprint density at radius 2 is 0.784 bits per heavy atom. The van der Waals surface area contributed by atoms with Crippen LogP contribution in [0, 0.1) is 0 Å². The lowest BCUT2D eigenvalue weighted by Gasteiger charge is -2.33. The van der Waals surface area contributed by atoms with Crippen molar-refractivity contribution in [3.8, 4) is 17.2 Å². The van der Waals surface area contributed by atoms with Gasteiger partial charge in [0.15, 0.2) is 0 Å². The molecule has 6 unspecified atom stereocenters. The maximum atomic E-state index is 12.9. The molecule has 20 heteroatoms. The van der Waals surface area contributed by atoms with Gasteiger partial charge in [0.25, 0.3) is 5.91 Å². The summed E-state index contributed by atoms with van der Waals surface area (Å²) in [6.07, 6.45) is 0.987. The topological polar surface area (TPSA) is 226 Å². The van der Waals surface area contributed by atoms with Gasteiger partial charge < -0.3 is 29.1 Å². The number of methoxy groups -OCH3 is 3. The summed E-state index contributed by atoms with van der Waals surface area (Å²) in [5.41, 5.74) is 5.77. The Kier molecular flexibility index (Phi) is 18.3. The van der Waals surface area contributed by atoms with E-state index in [-0.39, 0.29) is 25.3 Å². The lowest BCUT2D eigenvalue weighted by Crippen LogP contribution is -2.50. The van der Waals surface area contributed by atoms with Gasteiger partial charge in [-0.3, -0.25) is 46.7 Å². The number of hydroxylamine groups is 1. The molecule has 0 spiro atoms. The zero-order chi connectivity index (χ0) is 53.1. The summed E-state index contributed by atoms with van der Waals surface area (Å²) in [7, 11) is 0.324. The summed E-state index contributed by atoms with van der Waals surface area (Å²) >= 11 is 0. The van der Waals surface area contributed by atoms with E-state index in [9.17, 15) is 36.6 Å². The average Bonchev–Trinajstić information content (AvgIpc) is 3.43. The number of amides is 4. The molecule has 0 aliphatic carbocycles. The van der Waals surface area contributed by atoms with Crippen molar-refractivity contribution < 1.29 is 61.1 Å². The largest absolute Gasteiger partial charge is 0.497 e. The van der Waals surface area contributed by atoms with Crippen LogP contribution in [0.4, 0.5) is 17.1 Å². The van der Waals surface area contributed by atoms with Crippen LogP contribution in [0.5, 0.6) is 17.2 Å². The van der Waals surface area contributed by atoms with Crippen LogP contribution in [0.3, 0.4) is 0 Å². The van der Waals surface area contributed by atoms with E-state index in [0.29, 0.717) is 45.6 Å². The third-order valence-corrected chi connectivity index (χ3v) is 17.3. The van der Waals surface area contributed by atoms with Gasteiger partial charge in [0.05, 0.1) is 85.5 Å². The van der Waals surface area contributed by atoms with Crippen LogP contribution in [-0.2, 0) is 75.6 Å². The van der Waals surface area contributed by atoms with Gasteiger partial charge in [-0.2, -0.15) is 0 Å². The highest BCUT2D eigenvalue weighted by Crippen LogP contribution is 2.36. The van der Waals surface area contributed by atoms with E-state index in [1.807, 2.05) is 79.7 Å². The van der Waals surface area contributed by atoms with E-state index in [0.717, 1.165) is 33.0 Å². The van der Waals surface area contributed by atoms with Gasteiger partial charge in [0, 0.05) is 6.54 Å². The Morgan fingerprint density at radius 1 is 0.486 bits per heavy atom. The molecule has 0 radical (unpaired) electrons. The van der Waals surface area contributed by atoms with Crippen molar-refractivity contribution in [2.75, 3.05) is 55.7 Å². The molecule has 386 valence electrons. The summed E-state index contributed by atoms with van der Waals surface area (Å²) in [6, 6.07) is 42.8. The highest BCUT2D eigenvalue weighted by molar-refractivity contribution is 7.87. The molecule has 9 rings (SSSR count). The van der Waals surface area contributed by atoms with Crippen molar-refractivity contribution in [1.82, 2.24) is 5.48 Å². The van der Waals surface area contributed by atoms with Crippen LogP contribution in [0.2, 0.25) is 0 Å². The minimum Gasteiger partial charge on any atom is -0.497 e. The molecule has 3 N–H and O–H groups in total. The van der Waals surface area contributed by atoms with Crippen LogP contribution < -0.4 is 34.4 Å². The van der Waals surface area contributed by atoms with E-state index in [4.69, 9.17) is 24.5 Å². The van der Waals surface area contributed by atoms with Gasteiger partial charge in [-0.25, -0.2) is 5.48 Å². The molecule has 0 aromatic heterocycles. The van der Waals surface area contributed by atoms with Gasteiger partial charge in [-0.15, -0.1) is 0 Å². The Morgan fingerprint density at radius 3 is 1.08 bits per heavy atom. The van der Waals surface area contributed by atoms with Crippen molar-refractivity contribution in [1.29, 1.82) is 0 Å². The zero-order valence-corrected chi connectivity index (χ0v) is 43.2. The van der Waals surface area contributed by atoms with E-state index < -0.39 is 78.4 Å². The van der Waals surface area contributed by atoms with E-state index >= 15 is 0 Å². The van der Waals surface area contributed by atoms with Crippen LogP contribution in [0.1, 0.15) is 23.6 Å². The lowest BCUT2D eigenvalue weighted by molar-refractivity contribution is -0.136. The number of carbonyl (C=O) groups is 5. The minimum atomic E-state index is -1.54. The second-order valence-corrected chi connectivity index (χ2v) is 21.6. The van der Waals surface area contributed by atoms with Crippen molar-refractivity contribution >= 4 is 79.1 Å². The molecule has 0 fully saturated rings. The average molecular weight is 1060 g/mol. The maximum absolute atomic E-state index is 12.9. The predicted octanol–water partition coefficient (Wildman–Crippen LogP) is 5.89. The molecule has 0 bridgehead atoms. The Balaban J connectivity index is 0.000000162. The molecule has 17 nitrogen and oxygen atoms in total. The monoisotopic (exact) mass is 1060 g/mol. The molecule has 3 heterocycles. The molecule has 6 aromatic rings. The number of aliphatic carboxylic acids is 1. The standard InChI is InChI=1S/C18H18N2O5S.C18H17NO5S.C18H19NO3S/c1-25-13-8-6-12(7-9-13)10-16-18(22)20(11-17(21)19-23)14-4-2-3-5-15(14)26(16)24;1-24-13-8-6-12(7-9-13)10-16-18(22)19(11-17(20)21)14-4-2-3-5-15(14)25(16)23;1-3-19-15-6-4-5-7-16(15)23(21)17(18(19)20)12-13-8-10-14(22-2)11-9-13/h2-9,16,23H,10-11H2,1H3,(H,19,21);2-9,16H,10-11H2,1H3,(H,20,21);4-11,17H,3,12H2,1-2H3. The number of hydrogen-bond donors (Lipinski definition) is 3. The quantitative estimate of drug-likeness (QED) is 0.0856. The van der Waals surface area contributed by atoms with Crippen LogP contribution in [0.15, 0.2) is 160 Å². The first-order valence-corrected chi connectivity index (χ1v) is 26.8. The molecule has 6 aromatic carbocycles. The number of nitrogens with zero attached hydrogens (tertiary/aromatic N) is 3. The predicted molar refractivity (Wildman–Crippen MR) is 280 cm³/mol. The maximum Gasteiger partial charge on any atom is 0.323 e. The number of hydrogen-bond acceptors (Lipinski definition) is 12. The number of ether oxygens (including phenoxy) is 3. The zero-order valence-electron chi connectivity index (χ0n) is 40.8. The molecule has 4 amide bonds. The van der Waals surface area contributed by atoms with E-state index in [1.165, 1.54) is 15.3 Å². The third kappa shape index (κ3) is 12.3. The molecular formula is C54H54N4O13S3. The van der Waals surface area contributed by atoms with Crippen molar-refractivity contribution in [3.63, 3.8) is 0 Å². The van der Waals surface area contributed by atoms with E-state index in [2.05, 4.69) is 0 Å². The van der Waals surface area contributed by atoms with Gasteiger partial charge >= 0.3 is 5.97 Å². The second-order valence-electron chi connectivity index (χ2n) is 16.8. The SMILES string of the molecule is CCN1C(=O)C(Cc2ccc(OC)cc2)S(=O)c2ccccc21.COc1ccc(CC2C(=O)N(CC(=O)NO)c3ccccc3S2=O)cc1.COc1ccc(CC2C(=O)N(CC(=O)O)c3ccccc3S2=O)cc1. The van der Waals surface area contributed by atoms with Gasteiger partial charge in [0.2, 0.25) is 17.7 Å². The number of nitrogens with one attached hydrogen (secondary N) is 1. The molecule has 6 atom stereocenters. The second kappa shape index (κ2) is 24.9. The number of anilines is 3. The highest BCUT2D eigenvalue weighted by atomic mass is 32.2. The van der Waals surface area contributed by atoms with E-state index in [1.54, 1.807) is 99.0 Å². The summed E-state index contributed by atoms with van der Waals surface area (Å²) < 4.78 is 54.1. The van der Waals surface area contributed by atoms with Crippen LogP contribution in [-0.4, -0.2) is 109 Å². The summed E-state index contributed by atoms with van der Waals surface area (Å²) in [5.74, 6) is -0.598. The molecule has 0 saturated heterocycles. The lowest BCUT2D eigenvalue weighted by atomic mass is 10.1. The first-order chi connectivity index (χ1) is 35.7. The molecule has 74 heavy (non-hydrogen) atoms. The van der Waals surface area contributed by atoms with Gasteiger partial charge in [0.1, 0.15) is 46.1 Å². The number of carboxylic acid groups (broad SMARTS) is 1. The number of fused-ring (bicyclic) bond motifs is 3. The Hall–Kier alpha value is -7.52. The first kappa shape index (κ1) is 54.3. The third-order valence-electron chi connectivity index (χ3n) is 12.3. The van der Waals surface area contributed by atoms with Crippen molar-refractivity contribution in [2.45, 2.75) is 56.6 Å². The Labute approximate surface area is 435 Å². The van der Waals surface area contributed by atoms with Crippen molar-refractivity contribution in [2.24, 2.45) is 0 Å². The summed E-state index contributed by atoms with van der Waals surface area (Å²) in [5, 5.41) is 15.7. The summed E-state index contributed by atoms with van der Waals surface area (Å²) in [6.45, 7) is 1.72. The number of benzene rings is 6. The minimum absolute atomic E-state index is 0.0691. The molecular weight excluding hydrogens is 1010 g/mol. The van der Waals surface area contributed by atoms with Crippen LogP contribution >= 0.6 is 0 Å². The van der Waals surface area contributed by atoms with Gasteiger partial charge in [-0.1, -0.05) is 72.8 Å². The number of rotatable bonds is 14.